The molecule has 0 aromatic heterocycles. The second-order valence-corrected chi connectivity index (χ2v) is 5.93. The van der Waals surface area contributed by atoms with Gasteiger partial charge in [0.05, 0.1) is 22.9 Å². The molecule has 82 valence electrons. The Morgan fingerprint density at radius 1 is 1.57 bits per heavy atom. The van der Waals surface area contributed by atoms with E-state index in [1.807, 2.05) is 0 Å². The Balaban J connectivity index is 2.83. The third-order valence-electron chi connectivity index (χ3n) is 2.23. The molecule has 1 heterocycles. The minimum atomic E-state index is -3.20. The fraction of sp³-hybridized carbons (Fsp3) is 0.857. The summed E-state index contributed by atoms with van der Waals surface area (Å²) in [5.41, 5.74) is 0. The minimum Gasteiger partial charge on any atom is -0.530 e. The Labute approximate surface area is 87.6 Å². The third kappa shape index (κ3) is 2.30. The Hall–Kier alpha value is -0.490. The quantitative estimate of drug-likeness (QED) is 0.584. The van der Waals surface area contributed by atoms with E-state index in [-0.39, 0.29) is 18.1 Å². The zero-order valence-corrected chi connectivity index (χ0v) is 9.21. The van der Waals surface area contributed by atoms with Crippen molar-refractivity contribution in [1.29, 1.82) is 0 Å². The van der Waals surface area contributed by atoms with Crippen molar-refractivity contribution in [2.75, 3.05) is 18.1 Å². The number of sulfone groups is 1. The average Bonchev–Trinajstić information content (AvgIpc) is 2.26. The largest absolute Gasteiger partial charge is 0.530 e. The van der Waals surface area contributed by atoms with Gasteiger partial charge in [-0.05, 0) is 6.92 Å². The van der Waals surface area contributed by atoms with E-state index in [4.69, 9.17) is 11.6 Å². The van der Waals surface area contributed by atoms with Gasteiger partial charge in [0.15, 0.2) is 9.84 Å². The number of amides is 1. The molecule has 0 radical (unpaired) electrons. The molecule has 1 aliphatic heterocycles. The molecule has 0 aromatic rings. The number of rotatable bonds is 2. The van der Waals surface area contributed by atoms with E-state index < -0.39 is 27.3 Å². The van der Waals surface area contributed by atoms with Gasteiger partial charge < -0.3 is 14.8 Å². The molecule has 0 spiro atoms. The van der Waals surface area contributed by atoms with Gasteiger partial charge in [-0.3, -0.25) is 0 Å². The van der Waals surface area contributed by atoms with Gasteiger partial charge in [0.2, 0.25) is 0 Å². The van der Waals surface area contributed by atoms with Crippen LogP contribution in [0.5, 0.6) is 0 Å². The molecule has 1 fully saturated rings. The van der Waals surface area contributed by atoms with E-state index in [0.717, 1.165) is 4.90 Å². The molecule has 14 heavy (non-hydrogen) atoms. The second-order valence-electron chi connectivity index (χ2n) is 3.21. The van der Waals surface area contributed by atoms with E-state index in [1.54, 1.807) is 6.92 Å². The first kappa shape index (κ1) is 11.6. The van der Waals surface area contributed by atoms with Crippen LogP contribution in [0.15, 0.2) is 0 Å². The number of hydrogen-bond donors (Lipinski definition) is 0. The summed E-state index contributed by atoms with van der Waals surface area (Å²) >= 11 is 5.77. The van der Waals surface area contributed by atoms with Crippen LogP contribution in [0.1, 0.15) is 6.92 Å². The number of hydrogen-bond acceptors (Lipinski definition) is 4. The van der Waals surface area contributed by atoms with Crippen molar-refractivity contribution in [3.63, 3.8) is 0 Å². The third-order valence-corrected chi connectivity index (χ3v) is 4.58. The van der Waals surface area contributed by atoms with Crippen LogP contribution in [0.25, 0.3) is 0 Å². The lowest BCUT2D eigenvalue weighted by Gasteiger charge is -2.30. The van der Waals surface area contributed by atoms with E-state index in [2.05, 4.69) is 0 Å². The number of carbonyl (C=O) groups is 1. The molecule has 1 saturated heterocycles. The first-order valence-corrected chi connectivity index (χ1v) is 6.45. The number of halogens is 1. The molecule has 1 amide bonds. The fourth-order valence-corrected chi connectivity index (χ4v) is 4.25. The standard InChI is InChI=1S/C7H12ClNO4S/c1-2-9(7(10)11)6-4-14(12,13)3-5(6)8/h5-6H,2-4H2,1H3,(H,10,11)/p-1. The highest BCUT2D eigenvalue weighted by atomic mass is 35.5. The van der Waals surface area contributed by atoms with E-state index in [1.165, 1.54) is 0 Å². The van der Waals surface area contributed by atoms with Crippen LogP contribution in [0.4, 0.5) is 4.79 Å². The molecule has 7 heteroatoms. The lowest BCUT2D eigenvalue weighted by Crippen LogP contribution is -2.50. The Kier molecular flexibility index (Phi) is 3.26. The van der Waals surface area contributed by atoms with Gasteiger partial charge >= 0.3 is 0 Å². The maximum absolute atomic E-state index is 11.2. The molecule has 1 aliphatic rings. The SMILES string of the molecule is CCN(C(=O)[O-])C1CS(=O)(=O)CC1Cl. The lowest BCUT2D eigenvalue weighted by atomic mass is 10.2. The van der Waals surface area contributed by atoms with Crippen molar-refractivity contribution < 1.29 is 18.3 Å². The van der Waals surface area contributed by atoms with E-state index in [0.29, 0.717) is 0 Å². The van der Waals surface area contributed by atoms with Crippen LogP contribution in [0, 0.1) is 0 Å². The number of alkyl halides is 1. The molecule has 0 bridgehead atoms. The molecule has 2 atom stereocenters. The van der Waals surface area contributed by atoms with Crippen molar-refractivity contribution in [3.05, 3.63) is 0 Å². The van der Waals surface area contributed by atoms with Crippen molar-refractivity contribution in [3.8, 4) is 0 Å². The molecular formula is C7H11ClNO4S-. The molecule has 0 aromatic carbocycles. The molecule has 0 N–H and O–H groups in total. The van der Waals surface area contributed by atoms with Gasteiger partial charge in [-0.25, -0.2) is 8.42 Å². The van der Waals surface area contributed by atoms with Crippen molar-refractivity contribution in [2.45, 2.75) is 18.3 Å². The summed E-state index contributed by atoms with van der Waals surface area (Å²) in [6, 6.07) is -0.670. The zero-order valence-electron chi connectivity index (χ0n) is 7.64. The fourth-order valence-electron chi connectivity index (χ4n) is 1.57. The summed E-state index contributed by atoms with van der Waals surface area (Å²) < 4.78 is 22.3. The lowest BCUT2D eigenvalue weighted by molar-refractivity contribution is -0.267. The number of nitrogens with zero attached hydrogens (tertiary/aromatic N) is 1. The summed E-state index contributed by atoms with van der Waals surface area (Å²) in [6.07, 6.45) is -1.37. The Bertz CT molecular complexity index is 329. The first-order valence-electron chi connectivity index (χ1n) is 4.19. The van der Waals surface area contributed by atoms with Gasteiger partial charge in [-0.15, -0.1) is 11.6 Å². The van der Waals surface area contributed by atoms with Crippen molar-refractivity contribution >= 4 is 27.5 Å². The summed E-state index contributed by atoms with van der Waals surface area (Å²) in [6.45, 7) is 1.80. The number of carboxylic acid groups (broad SMARTS) is 1. The van der Waals surface area contributed by atoms with E-state index in [9.17, 15) is 18.3 Å². The highest BCUT2D eigenvalue weighted by Crippen LogP contribution is 2.22. The van der Waals surface area contributed by atoms with Crippen LogP contribution in [-0.4, -0.2) is 48.9 Å². The predicted molar refractivity (Wildman–Crippen MR) is 49.9 cm³/mol. The van der Waals surface area contributed by atoms with Gasteiger partial charge in [0.1, 0.15) is 6.09 Å². The van der Waals surface area contributed by atoms with Gasteiger partial charge in [-0.1, -0.05) is 0 Å². The maximum atomic E-state index is 11.2. The van der Waals surface area contributed by atoms with Crippen LogP contribution in [-0.2, 0) is 9.84 Å². The zero-order chi connectivity index (χ0) is 10.9. The smallest absolute Gasteiger partial charge is 0.153 e. The van der Waals surface area contributed by atoms with Crippen LogP contribution in [0.2, 0.25) is 0 Å². The minimum absolute atomic E-state index is 0.164. The van der Waals surface area contributed by atoms with Crippen LogP contribution >= 0.6 is 11.6 Å². The molecule has 5 nitrogen and oxygen atoms in total. The van der Waals surface area contributed by atoms with Crippen LogP contribution < -0.4 is 5.11 Å². The summed E-state index contributed by atoms with van der Waals surface area (Å²) in [4.78, 5) is 11.6. The predicted octanol–water partition coefficient (Wildman–Crippen LogP) is -0.944. The monoisotopic (exact) mass is 240 g/mol. The molecule has 0 aliphatic carbocycles. The maximum Gasteiger partial charge on any atom is 0.153 e. The average molecular weight is 241 g/mol. The van der Waals surface area contributed by atoms with Crippen molar-refractivity contribution in [1.82, 2.24) is 4.90 Å². The number of carbonyl (C=O) groups excluding carboxylic acids is 1. The molecule has 0 saturated carbocycles. The Morgan fingerprint density at radius 3 is 2.43 bits per heavy atom. The van der Waals surface area contributed by atoms with Crippen LogP contribution in [0.3, 0.4) is 0 Å². The normalized spacial score (nSPS) is 30.1. The summed E-state index contributed by atoms with van der Waals surface area (Å²) in [5, 5.41) is 9.97. The summed E-state index contributed by atoms with van der Waals surface area (Å²) in [5.74, 6) is -0.369. The Morgan fingerprint density at radius 2 is 2.14 bits per heavy atom. The first-order chi connectivity index (χ1) is 6.37. The van der Waals surface area contributed by atoms with Crippen molar-refractivity contribution in [2.24, 2.45) is 0 Å². The second kappa shape index (κ2) is 3.94. The topological polar surface area (TPSA) is 77.5 Å². The molecule has 2 unspecified atom stereocenters. The van der Waals surface area contributed by atoms with Gasteiger partial charge in [-0.2, -0.15) is 0 Å². The van der Waals surface area contributed by atoms with Gasteiger partial charge in [0, 0.05) is 6.54 Å². The van der Waals surface area contributed by atoms with E-state index >= 15 is 0 Å². The molecule has 1 rings (SSSR count). The molecular weight excluding hydrogens is 230 g/mol. The van der Waals surface area contributed by atoms with Gasteiger partial charge in [0.25, 0.3) is 0 Å². The highest BCUT2D eigenvalue weighted by molar-refractivity contribution is 7.91. The highest BCUT2D eigenvalue weighted by Gasteiger charge is 2.39. The summed E-state index contributed by atoms with van der Waals surface area (Å²) in [7, 11) is -3.20.